The lowest BCUT2D eigenvalue weighted by atomic mass is 10.2. The van der Waals surface area contributed by atoms with Crippen molar-refractivity contribution in [1.29, 1.82) is 0 Å². The van der Waals surface area contributed by atoms with Crippen LogP contribution in [-0.4, -0.2) is 37.3 Å². The number of carbonyl (C=O) groups is 1. The van der Waals surface area contributed by atoms with Crippen LogP contribution in [-0.2, 0) is 14.6 Å². The van der Waals surface area contributed by atoms with Crippen LogP contribution in [0.4, 0.5) is 11.4 Å². The SMILES string of the molecule is CS(=O)(=O)CCC(N)C(=O)Nc1ccccc1[N+](=O)[O-]. The van der Waals surface area contributed by atoms with Gasteiger partial charge in [0.2, 0.25) is 5.91 Å². The molecule has 1 aromatic rings. The molecule has 3 N–H and O–H groups in total. The van der Waals surface area contributed by atoms with E-state index in [1.54, 1.807) is 0 Å². The molecule has 0 aromatic heterocycles. The number of sulfone groups is 1. The zero-order chi connectivity index (χ0) is 15.3. The van der Waals surface area contributed by atoms with Crippen LogP contribution in [0.5, 0.6) is 0 Å². The first kappa shape index (κ1) is 16.1. The summed E-state index contributed by atoms with van der Waals surface area (Å²) in [5.74, 6) is -0.888. The smallest absolute Gasteiger partial charge is 0.292 e. The number of nitrogens with zero attached hydrogens (tertiary/aromatic N) is 1. The number of nitrogens with two attached hydrogens (primary N) is 1. The van der Waals surface area contributed by atoms with Crippen LogP contribution in [0.15, 0.2) is 24.3 Å². The van der Waals surface area contributed by atoms with Crippen molar-refractivity contribution in [3.8, 4) is 0 Å². The molecule has 0 fully saturated rings. The average Bonchev–Trinajstić information content (AvgIpc) is 2.35. The van der Waals surface area contributed by atoms with Gasteiger partial charge in [-0.25, -0.2) is 8.42 Å². The van der Waals surface area contributed by atoms with Gasteiger partial charge in [0.25, 0.3) is 5.69 Å². The number of nitro benzene ring substituents is 1. The monoisotopic (exact) mass is 301 g/mol. The van der Waals surface area contributed by atoms with Crippen LogP contribution in [0.3, 0.4) is 0 Å². The van der Waals surface area contributed by atoms with Gasteiger partial charge in [0, 0.05) is 12.3 Å². The molecule has 0 aliphatic heterocycles. The minimum absolute atomic E-state index is 0.0253. The first-order chi connectivity index (χ1) is 9.20. The number of nitro groups is 1. The van der Waals surface area contributed by atoms with E-state index >= 15 is 0 Å². The second-order valence-electron chi connectivity index (χ2n) is 4.29. The first-order valence-electron chi connectivity index (χ1n) is 5.68. The van der Waals surface area contributed by atoms with Crippen molar-refractivity contribution in [2.24, 2.45) is 5.73 Å². The normalized spacial score (nSPS) is 12.7. The Hall–Kier alpha value is -2.00. The second-order valence-corrected chi connectivity index (χ2v) is 6.55. The van der Waals surface area contributed by atoms with Gasteiger partial charge < -0.3 is 11.1 Å². The fourth-order valence-corrected chi connectivity index (χ4v) is 2.12. The zero-order valence-electron chi connectivity index (χ0n) is 10.8. The average molecular weight is 301 g/mol. The van der Waals surface area contributed by atoms with E-state index in [0.717, 1.165) is 6.26 Å². The van der Waals surface area contributed by atoms with Gasteiger partial charge in [0.15, 0.2) is 0 Å². The van der Waals surface area contributed by atoms with Crippen molar-refractivity contribution in [2.75, 3.05) is 17.3 Å². The first-order valence-corrected chi connectivity index (χ1v) is 7.74. The van der Waals surface area contributed by atoms with E-state index < -0.39 is 26.7 Å². The number of para-hydroxylation sites is 2. The van der Waals surface area contributed by atoms with Gasteiger partial charge in [-0.3, -0.25) is 14.9 Å². The van der Waals surface area contributed by atoms with E-state index in [2.05, 4.69) is 5.32 Å². The molecule has 8 nitrogen and oxygen atoms in total. The molecule has 9 heteroatoms. The lowest BCUT2D eigenvalue weighted by Gasteiger charge is -2.11. The van der Waals surface area contributed by atoms with E-state index in [1.165, 1.54) is 24.3 Å². The van der Waals surface area contributed by atoms with Gasteiger partial charge in [-0.2, -0.15) is 0 Å². The van der Waals surface area contributed by atoms with Crippen LogP contribution < -0.4 is 11.1 Å². The number of amides is 1. The van der Waals surface area contributed by atoms with Gasteiger partial charge in [0.1, 0.15) is 15.5 Å². The summed E-state index contributed by atoms with van der Waals surface area (Å²) in [6.07, 6.45) is 0.991. The minimum atomic E-state index is -3.22. The molecule has 1 rings (SSSR count). The lowest BCUT2D eigenvalue weighted by Crippen LogP contribution is -2.37. The molecule has 1 atom stereocenters. The molecular weight excluding hydrogens is 286 g/mol. The van der Waals surface area contributed by atoms with Crippen molar-refractivity contribution in [3.63, 3.8) is 0 Å². The molecule has 0 heterocycles. The van der Waals surface area contributed by atoms with Crippen molar-refractivity contribution in [1.82, 2.24) is 0 Å². The maximum absolute atomic E-state index is 11.8. The summed E-state index contributed by atoms with van der Waals surface area (Å²) in [5.41, 5.74) is 5.32. The number of hydrogen-bond acceptors (Lipinski definition) is 6. The Kier molecular flexibility index (Phi) is 5.17. The van der Waals surface area contributed by atoms with Crippen LogP contribution in [0.1, 0.15) is 6.42 Å². The van der Waals surface area contributed by atoms with Crippen molar-refractivity contribution in [2.45, 2.75) is 12.5 Å². The summed E-state index contributed by atoms with van der Waals surface area (Å²) in [4.78, 5) is 21.9. The van der Waals surface area contributed by atoms with E-state index in [1.807, 2.05) is 0 Å². The van der Waals surface area contributed by atoms with Crippen LogP contribution in [0.2, 0.25) is 0 Å². The Labute approximate surface area is 116 Å². The Bertz CT molecular complexity index is 614. The number of nitrogens with one attached hydrogen (secondary N) is 1. The fraction of sp³-hybridized carbons (Fsp3) is 0.364. The van der Waals surface area contributed by atoms with Gasteiger partial charge in [0.05, 0.1) is 16.7 Å². The maximum Gasteiger partial charge on any atom is 0.292 e. The standard InChI is InChI=1S/C11H15N3O5S/c1-20(18,19)7-6-8(12)11(15)13-9-4-2-3-5-10(9)14(16)17/h2-5,8H,6-7,12H2,1H3,(H,13,15). The summed E-state index contributed by atoms with van der Waals surface area (Å²) in [6, 6.07) is 4.57. The zero-order valence-corrected chi connectivity index (χ0v) is 11.6. The van der Waals surface area contributed by atoms with Gasteiger partial charge in [-0.1, -0.05) is 12.1 Å². The summed E-state index contributed by atoms with van der Waals surface area (Å²) < 4.78 is 22.0. The Morgan fingerprint density at radius 3 is 2.60 bits per heavy atom. The third-order valence-electron chi connectivity index (χ3n) is 2.50. The number of benzene rings is 1. The molecule has 1 amide bonds. The highest BCUT2D eigenvalue weighted by Gasteiger charge is 2.20. The predicted molar refractivity (Wildman–Crippen MR) is 74.0 cm³/mol. The quantitative estimate of drug-likeness (QED) is 0.573. The highest BCUT2D eigenvalue weighted by molar-refractivity contribution is 7.90. The van der Waals surface area contributed by atoms with E-state index in [0.29, 0.717) is 0 Å². The van der Waals surface area contributed by atoms with Gasteiger partial charge in [-0.15, -0.1) is 0 Å². The molecule has 1 unspecified atom stereocenters. The van der Waals surface area contributed by atoms with Gasteiger partial charge >= 0.3 is 0 Å². The van der Waals surface area contributed by atoms with Gasteiger partial charge in [-0.05, 0) is 12.5 Å². The maximum atomic E-state index is 11.8. The van der Waals surface area contributed by atoms with Crippen molar-refractivity contribution >= 4 is 27.1 Å². The fourth-order valence-electron chi connectivity index (χ4n) is 1.44. The highest BCUT2D eigenvalue weighted by Crippen LogP contribution is 2.23. The molecule has 20 heavy (non-hydrogen) atoms. The third-order valence-corrected chi connectivity index (χ3v) is 3.47. The predicted octanol–water partition coefficient (Wildman–Crippen LogP) is 0.295. The van der Waals surface area contributed by atoms with Crippen LogP contribution in [0.25, 0.3) is 0 Å². The third kappa shape index (κ3) is 4.94. The summed E-state index contributed by atoms with van der Waals surface area (Å²) in [7, 11) is -3.22. The molecule has 0 saturated heterocycles. The number of hydrogen-bond donors (Lipinski definition) is 2. The molecule has 0 saturated carbocycles. The number of rotatable bonds is 6. The number of anilines is 1. The van der Waals surface area contributed by atoms with Crippen LogP contribution >= 0.6 is 0 Å². The Balaban J connectivity index is 2.73. The molecule has 0 bridgehead atoms. The largest absolute Gasteiger partial charge is 0.320 e. The molecule has 0 radical (unpaired) electrons. The van der Waals surface area contributed by atoms with E-state index in [4.69, 9.17) is 5.73 Å². The molecule has 110 valence electrons. The topological polar surface area (TPSA) is 132 Å². The van der Waals surface area contributed by atoms with Crippen LogP contribution in [0, 0.1) is 10.1 Å². The summed E-state index contributed by atoms with van der Waals surface area (Å²) >= 11 is 0. The van der Waals surface area contributed by atoms with E-state index in [9.17, 15) is 23.3 Å². The minimum Gasteiger partial charge on any atom is -0.320 e. The van der Waals surface area contributed by atoms with Crippen molar-refractivity contribution < 1.29 is 18.1 Å². The Morgan fingerprint density at radius 1 is 1.45 bits per heavy atom. The molecular formula is C11H15N3O5S. The van der Waals surface area contributed by atoms with Crippen molar-refractivity contribution in [3.05, 3.63) is 34.4 Å². The summed E-state index contributed by atoms with van der Waals surface area (Å²) in [5, 5.41) is 13.1. The molecule has 1 aromatic carbocycles. The number of carbonyl (C=O) groups excluding carboxylic acids is 1. The molecule has 0 aliphatic rings. The van der Waals surface area contributed by atoms with E-state index in [-0.39, 0.29) is 23.5 Å². The Morgan fingerprint density at radius 2 is 2.05 bits per heavy atom. The highest BCUT2D eigenvalue weighted by atomic mass is 32.2. The lowest BCUT2D eigenvalue weighted by molar-refractivity contribution is -0.383. The molecule has 0 spiro atoms. The summed E-state index contributed by atoms with van der Waals surface area (Å²) in [6.45, 7) is 0. The molecule has 0 aliphatic carbocycles. The second kappa shape index (κ2) is 6.44.